The molecular formula is C16H21Cl2OTi-2. The van der Waals surface area contributed by atoms with Crippen LogP contribution in [-0.4, -0.2) is 8.92 Å². The number of hydrogen-bond acceptors (Lipinski definition) is 1. The van der Waals surface area contributed by atoms with Crippen LogP contribution in [0.5, 0.6) is 5.75 Å². The summed E-state index contributed by atoms with van der Waals surface area (Å²) in [5.74, 6) is 0.354. The quantitative estimate of drug-likeness (QED) is 0.428. The number of rotatable bonds is 0. The molecule has 0 spiro atoms. The Labute approximate surface area is 146 Å². The molecule has 0 radical (unpaired) electrons. The van der Waals surface area contributed by atoms with Gasteiger partial charge in [-0.25, -0.2) is 12.2 Å². The maximum atomic E-state index is 8.99. The third kappa shape index (κ3) is 17.7. The Hall–Kier alpha value is -0.336. The summed E-state index contributed by atoms with van der Waals surface area (Å²) in [6.07, 6.45) is 10.0. The molecule has 111 valence electrons. The maximum absolute atomic E-state index is 8.99. The summed E-state index contributed by atoms with van der Waals surface area (Å²) in [6, 6.07) is 5.51. The summed E-state index contributed by atoms with van der Waals surface area (Å²) in [7, 11) is 0. The number of aryl methyl sites for hydroxylation is 2. The standard InChI is InChI=1S/C8H10O.C5H5.C3H6.2ClH.Ti/c1-6-3-7(2)5-8(9)4-6;1-2-4-5-3-1;1-3-2;;;/h3-5,9H,1-2H3;1-3H,4H2;1-2H3;2*1H;/q;-1;;;;+1/p-2. The van der Waals surface area contributed by atoms with Crippen molar-refractivity contribution in [3.05, 3.63) is 53.6 Å². The third-order valence-electron chi connectivity index (χ3n) is 1.79. The van der Waals surface area contributed by atoms with Crippen molar-refractivity contribution in [2.24, 2.45) is 0 Å². The average molecular weight is 348 g/mol. The van der Waals surface area contributed by atoms with Gasteiger partial charge in [0.2, 0.25) is 0 Å². The van der Waals surface area contributed by atoms with E-state index >= 15 is 0 Å². The molecule has 1 N–H and O–H groups in total. The predicted octanol–water partition coefficient (Wildman–Crippen LogP) is -1.93. The second kappa shape index (κ2) is 15.1. The monoisotopic (exact) mass is 347 g/mol. The van der Waals surface area contributed by atoms with Crippen molar-refractivity contribution in [2.75, 3.05) is 0 Å². The van der Waals surface area contributed by atoms with Gasteiger partial charge in [0.1, 0.15) is 5.75 Å². The molecule has 1 aromatic rings. The van der Waals surface area contributed by atoms with Crippen molar-refractivity contribution in [2.45, 2.75) is 34.1 Å². The molecule has 0 unspecified atom stereocenters. The van der Waals surface area contributed by atoms with E-state index in [0.29, 0.717) is 5.75 Å². The minimum absolute atomic E-state index is 0. The number of phenols is 1. The summed E-state index contributed by atoms with van der Waals surface area (Å²) >= 11 is 2.08. The van der Waals surface area contributed by atoms with E-state index in [9.17, 15) is 0 Å². The number of hydrogen-bond donors (Lipinski definition) is 1. The van der Waals surface area contributed by atoms with E-state index in [2.05, 4.69) is 46.0 Å². The van der Waals surface area contributed by atoms with E-state index < -0.39 is 0 Å². The van der Waals surface area contributed by atoms with Crippen LogP contribution >= 0.6 is 0 Å². The molecule has 0 fully saturated rings. The van der Waals surface area contributed by atoms with Crippen LogP contribution in [0.1, 0.15) is 31.4 Å². The molecule has 20 heavy (non-hydrogen) atoms. The SMILES string of the molecule is C[C](C)=[Ti+].Cc1cc(C)cc(O)c1.[C-]1=CC=CC1.[Cl-].[Cl-]. The molecule has 0 atom stereocenters. The molecule has 2 rings (SSSR count). The minimum atomic E-state index is 0. The first-order valence-corrected chi connectivity index (χ1v) is 6.70. The molecule has 0 aliphatic heterocycles. The zero-order valence-electron chi connectivity index (χ0n) is 12.4. The van der Waals surface area contributed by atoms with Gasteiger partial charge in [-0.05, 0) is 37.1 Å². The van der Waals surface area contributed by atoms with E-state index in [1.807, 2.05) is 32.1 Å². The first-order chi connectivity index (χ1) is 8.41. The van der Waals surface area contributed by atoms with E-state index in [1.54, 1.807) is 12.1 Å². The average Bonchev–Trinajstić information content (AvgIpc) is 2.70. The molecule has 0 aromatic heterocycles. The van der Waals surface area contributed by atoms with Gasteiger partial charge in [0, 0.05) is 0 Å². The Morgan fingerprint density at radius 3 is 1.75 bits per heavy atom. The van der Waals surface area contributed by atoms with Crippen molar-refractivity contribution in [3.8, 4) is 5.75 Å². The van der Waals surface area contributed by atoms with Gasteiger partial charge in [0.15, 0.2) is 0 Å². The summed E-state index contributed by atoms with van der Waals surface area (Å²) in [5, 5.41) is 8.99. The van der Waals surface area contributed by atoms with Gasteiger partial charge in [0.05, 0.1) is 0 Å². The Morgan fingerprint density at radius 2 is 1.55 bits per heavy atom. The van der Waals surface area contributed by atoms with Crippen molar-refractivity contribution < 1.29 is 49.9 Å². The van der Waals surface area contributed by atoms with Crippen LogP contribution in [0, 0.1) is 19.9 Å². The smallest absolute Gasteiger partial charge is 0.116 e. The first kappa shape index (κ1) is 24.7. The Morgan fingerprint density at radius 1 is 1.10 bits per heavy atom. The summed E-state index contributed by atoms with van der Waals surface area (Å²) in [4.78, 5) is 0. The van der Waals surface area contributed by atoms with Crippen LogP contribution in [0.25, 0.3) is 0 Å². The second-order valence-corrected chi connectivity index (χ2v) is 5.91. The molecule has 1 aliphatic rings. The van der Waals surface area contributed by atoms with Gasteiger partial charge in [-0.3, -0.25) is 6.08 Å². The molecule has 1 aliphatic carbocycles. The molecule has 0 saturated carbocycles. The van der Waals surface area contributed by atoms with Crippen LogP contribution in [0.2, 0.25) is 0 Å². The van der Waals surface area contributed by atoms with Crippen LogP contribution in [0.3, 0.4) is 0 Å². The van der Waals surface area contributed by atoms with Crippen molar-refractivity contribution in [1.82, 2.24) is 0 Å². The molecule has 1 aromatic carbocycles. The fraction of sp³-hybridized carbons (Fsp3) is 0.312. The van der Waals surface area contributed by atoms with E-state index in [-0.39, 0.29) is 24.8 Å². The van der Waals surface area contributed by atoms with E-state index in [1.165, 1.54) is 3.81 Å². The number of benzene rings is 1. The molecular weight excluding hydrogens is 327 g/mol. The zero-order chi connectivity index (χ0) is 14.0. The normalized spacial score (nSPS) is 10.1. The molecule has 0 heterocycles. The van der Waals surface area contributed by atoms with Crippen molar-refractivity contribution in [3.63, 3.8) is 0 Å². The van der Waals surface area contributed by atoms with Gasteiger partial charge in [0.25, 0.3) is 0 Å². The minimum Gasteiger partial charge on any atom is -1.00 e. The molecule has 4 heteroatoms. The fourth-order valence-electron chi connectivity index (χ4n) is 1.29. The Kier molecular flexibility index (Phi) is 18.6. The van der Waals surface area contributed by atoms with Crippen LogP contribution < -0.4 is 24.8 Å². The van der Waals surface area contributed by atoms with Crippen LogP contribution in [-0.2, 0) is 20.0 Å². The van der Waals surface area contributed by atoms with Crippen molar-refractivity contribution in [1.29, 1.82) is 0 Å². The third-order valence-corrected chi connectivity index (χ3v) is 1.79. The van der Waals surface area contributed by atoms with Gasteiger partial charge in [-0.1, -0.05) is 6.07 Å². The topological polar surface area (TPSA) is 20.2 Å². The summed E-state index contributed by atoms with van der Waals surface area (Å²) < 4.78 is 1.42. The molecule has 1 nitrogen and oxygen atoms in total. The number of phenolic OH excluding ortho intramolecular Hbond substituents is 1. The van der Waals surface area contributed by atoms with Gasteiger partial charge >= 0.3 is 37.6 Å². The van der Waals surface area contributed by atoms with E-state index in [0.717, 1.165) is 17.5 Å². The first-order valence-electron chi connectivity index (χ1n) is 5.92. The van der Waals surface area contributed by atoms with Gasteiger partial charge in [-0.15, -0.1) is 6.42 Å². The summed E-state index contributed by atoms with van der Waals surface area (Å²) in [6.45, 7) is 8.10. The maximum Gasteiger partial charge on any atom is 0.116 e. The van der Waals surface area contributed by atoms with Gasteiger partial charge in [-0.2, -0.15) is 6.08 Å². The molecule has 0 amide bonds. The fourth-order valence-corrected chi connectivity index (χ4v) is 1.29. The van der Waals surface area contributed by atoms with Gasteiger partial charge < -0.3 is 29.9 Å². The van der Waals surface area contributed by atoms with Crippen LogP contribution in [0.4, 0.5) is 0 Å². The second-order valence-electron chi connectivity index (χ2n) is 4.35. The van der Waals surface area contributed by atoms with Crippen LogP contribution in [0.15, 0.2) is 36.4 Å². The Balaban J connectivity index is -0.000000228. The van der Waals surface area contributed by atoms with Crippen molar-refractivity contribution >= 4 is 3.81 Å². The predicted molar refractivity (Wildman–Crippen MR) is 75.5 cm³/mol. The molecule has 0 bridgehead atoms. The molecule has 0 saturated heterocycles. The Bertz CT molecular complexity index is 376. The van der Waals surface area contributed by atoms with E-state index in [4.69, 9.17) is 5.11 Å². The number of halogens is 2. The zero-order valence-corrected chi connectivity index (χ0v) is 15.4. The number of aromatic hydroxyl groups is 1. The largest absolute Gasteiger partial charge is 1.00 e. The summed E-state index contributed by atoms with van der Waals surface area (Å²) in [5.41, 5.74) is 2.21. The number of allylic oxidation sites excluding steroid dienone is 4.